The van der Waals surface area contributed by atoms with Crippen LogP contribution in [0.1, 0.15) is 29.8 Å². The molecule has 0 saturated carbocycles. The lowest BCUT2D eigenvalue weighted by atomic mass is 10.1. The molecule has 0 spiro atoms. The minimum atomic E-state index is -0.208. The first-order chi connectivity index (χ1) is 14.9. The van der Waals surface area contributed by atoms with Crippen molar-refractivity contribution < 1.29 is 9.59 Å². The molecule has 162 valence electrons. The van der Waals surface area contributed by atoms with Crippen LogP contribution in [0.3, 0.4) is 0 Å². The fourth-order valence-electron chi connectivity index (χ4n) is 3.72. The Kier molecular flexibility index (Phi) is 7.23. The highest BCUT2D eigenvalue weighted by Crippen LogP contribution is 2.30. The van der Waals surface area contributed by atoms with Crippen molar-refractivity contribution in [2.45, 2.75) is 20.8 Å². The maximum atomic E-state index is 12.7. The molecule has 1 amide bonds. The summed E-state index contributed by atoms with van der Waals surface area (Å²) in [5.41, 5.74) is 5.25. The number of para-hydroxylation sites is 1. The number of anilines is 3. The lowest BCUT2D eigenvalue weighted by Gasteiger charge is -2.38. The van der Waals surface area contributed by atoms with Gasteiger partial charge in [0.2, 0.25) is 0 Å². The number of carbonyl (C=O) groups is 2. The number of carbonyl (C=O) groups excluding carboxylic acids is 2. The van der Waals surface area contributed by atoms with Gasteiger partial charge in [0, 0.05) is 56.3 Å². The number of benzene rings is 2. The van der Waals surface area contributed by atoms with Gasteiger partial charge in [-0.15, -0.1) is 0 Å². The Morgan fingerprint density at radius 2 is 1.61 bits per heavy atom. The third-order valence-electron chi connectivity index (χ3n) is 5.56. The molecule has 0 aliphatic carbocycles. The number of nitrogens with one attached hydrogen (secondary N) is 1. The van der Waals surface area contributed by atoms with Gasteiger partial charge in [-0.1, -0.05) is 18.2 Å². The molecule has 1 heterocycles. The van der Waals surface area contributed by atoms with E-state index in [1.54, 1.807) is 32.3 Å². The number of rotatable bonds is 6. The molecular weight excluding hydrogens is 388 g/mol. The molecule has 0 atom stereocenters. The second-order valence-electron chi connectivity index (χ2n) is 7.76. The fourth-order valence-corrected chi connectivity index (χ4v) is 3.72. The molecule has 2 aromatic rings. The molecule has 2 aromatic carbocycles. The van der Waals surface area contributed by atoms with Crippen molar-refractivity contribution in [2.75, 3.05) is 48.3 Å². The number of hydrogen-bond donors (Lipinski definition) is 1. The summed E-state index contributed by atoms with van der Waals surface area (Å²) in [6.07, 6.45) is 3.26. The van der Waals surface area contributed by atoms with E-state index in [1.165, 1.54) is 18.2 Å². The van der Waals surface area contributed by atoms with Crippen LogP contribution in [0.2, 0.25) is 0 Å². The molecule has 1 aliphatic heterocycles. The van der Waals surface area contributed by atoms with Crippen LogP contribution in [0.5, 0.6) is 0 Å². The number of aliphatic imine (C=N–C) groups is 1. The minimum Gasteiger partial charge on any atom is -0.368 e. The summed E-state index contributed by atoms with van der Waals surface area (Å²) in [5.74, 6) is -0.239. The van der Waals surface area contributed by atoms with Gasteiger partial charge >= 0.3 is 0 Å². The average Bonchev–Trinajstić information content (AvgIpc) is 2.78. The highest BCUT2D eigenvalue weighted by atomic mass is 16.1. The first kappa shape index (κ1) is 22.3. The standard InChI is InChI=1S/C25H30N4O2/c1-18-7-5-6-8-23(18)28-13-15-29(16-14-28)24-10-9-21(20(3)30)17-22(24)27-25(31)19(2)11-12-26-4/h5-12,17H,13-16H2,1-4H3,(H,27,31)/b19-11+,26-12?. The second kappa shape index (κ2) is 10.1. The summed E-state index contributed by atoms with van der Waals surface area (Å²) >= 11 is 0. The van der Waals surface area contributed by atoms with Crippen LogP contribution in [0, 0.1) is 6.92 Å². The van der Waals surface area contributed by atoms with Crippen LogP contribution < -0.4 is 15.1 Å². The molecule has 0 aromatic heterocycles. The van der Waals surface area contributed by atoms with E-state index < -0.39 is 0 Å². The monoisotopic (exact) mass is 418 g/mol. The molecule has 31 heavy (non-hydrogen) atoms. The SMILES string of the molecule is CN=C/C=C(\C)C(=O)Nc1cc(C(C)=O)ccc1N1CCN(c2ccccc2C)CC1. The smallest absolute Gasteiger partial charge is 0.251 e. The lowest BCUT2D eigenvalue weighted by Crippen LogP contribution is -2.47. The van der Waals surface area contributed by atoms with E-state index >= 15 is 0 Å². The molecular formula is C25H30N4O2. The van der Waals surface area contributed by atoms with E-state index in [0.29, 0.717) is 16.8 Å². The van der Waals surface area contributed by atoms with E-state index in [4.69, 9.17) is 0 Å². The molecule has 0 unspecified atom stereocenters. The molecule has 3 rings (SSSR count). The Balaban J connectivity index is 1.81. The molecule has 1 fully saturated rings. The maximum Gasteiger partial charge on any atom is 0.251 e. The van der Waals surface area contributed by atoms with Gasteiger partial charge < -0.3 is 15.1 Å². The number of allylic oxidation sites excluding steroid dienone is 1. The Labute approximate surface area is 184 Å². The third-order valence-corrected chi connectivity index (χ3v) is 5.56. The van der Waals surface area contributed by atoms with Crippen molar-refractivity contribution in [1.82, 2.24) is 0 Å². The molecule has 1 saturated heterocycles. The normalized spacial score (nSPS) is 14.8. The number of piperazine rings is 1. The topological polar surface area (TPSA) is 65.0 Å². The molecule has 6 nitrogen and oxygen atoms in total. The Bertz CT molecular complexity index is 1020. The third kappa shape index (κ3) is 5.40. The molecule has 0 bridgehead atoms. The zero-order valence-corrected chi connectivity index (χ0v) is 18.7. The van der Waals surface area contributed by atoms with Crippen LogP contribution >= 0.6 is 0 Å². The summed E-state index contributed by atoms with van der Waals surface area (Å²) in [6.45, 7) is 8.84. The van der Waals surface area contributed by atoms with Crippen molar-refractivity contribution in [1.29, 1.82) is 0 Å². The summed E-state index contributed by atoms with van der Waals surface area (Å²) < 4.78 is 0. The highest BCUT2D eigenvalue weighted by molar-refractivity contribution is 6.08. The van der Waals surface area contributed by atoms with Gasteiger partial charge in [0.05, 0.1) is 11.4 Å². The van der Waals surface area contributed by atoms with Crippen LogP contribution in [0.25, 0.3) is 0 Å². The Hall–Kier alpha value is -3.41. The predicted octanol–water partition coefficient (Wildman–Crippen LogP) is 4.11. The predicted molar refractivity (Wildman–Crippen MR) is 129 cm³/mol. The number of amides is 1. The van der Waals surface area contributed by atoms with Gasteiger partial charge in [0.1, 0.15) is 0 Å². The molecule has 6 heteroatoms. The van der Waals surface area contributed by atoms with Crippen molar-refractivity contribution in [3.8, 4) is 0 Å². The average molecular weight is 419 g/mol. The zero-order valence-electron chi connectivity index (χ0n) is 18.7. The number of Topliss-reactive ketones (excluding diaryl/α,β-unsaturated/α-hetero) is 1. The van der Waals surface area contributed by atoms with Gasteiger partial charge in [-0.3, -0.25) is 14.6 Å². The van der Waals surface area contributed by atoms with E-state index in [9.17, 15) is 9.59 Å². The highest BCUT2D eigenvalue weighted by Gasteiger charge is 2.22. The number of ketones is 1. The van der Waals surface area contributed by atoms with Crippen molar-refractivity contribution >= 4 is 35.0 Å². The summed E-state index contributed by atoms with van der Waals surface area (Å²) in [6, 6.07) is 14.0. The summed E-state index contributed by atoms with van der Waals surface area (Å²) in [4.78, 5) is 33.1. The van der Waals surface area contributed by atoms with Crippen molar-refractivity contribution in [3.05, 3.63) is 65.2 Å². The Morgan fingerprint density at radius 1 is 0.968 bits per heavy atom. The van der Waals surface area contributed by atoms with E-state index in [0.717, 1.165) is 31.9 Å². The quantitative estimate of drug-likeness (QED) is 0.436. The Morgan fingerprint density at radius 3 is 2.23 bits per heavy atom. The van der Waals surface area contributed by atoms with E-state index in [-0.39, 0.29) is 11.7 Å². The van der Waals surface area contributed by atoms with E-state index in [1.807, 2.05) is 12.1 Å². The lowest BCUT2D eigenvalue weighted by molar-refractivity contribution is -0.112. The molecule has 1 aliphatic rings. The summed E-state index contributed by atoms with van der Waals surface area (Å²) in [5, 5.41) is 2.99. The van der Waals surface area contributed by atoms with Crippen LogP contribution in [-0.4, -0.2) is 51.1 Å². The minimum absolute atomic E-state index is 0.0307. The van der Waals surface area contributed by atoms with Crippen molar-refractivity contribution in [2.24, 2.45) is 4.99 Å². The van der Waals surface area contributed by atoms with E-state index in [2.05, 4.69) is 51.3 Å². The van der Waals surface area contributed by atoms with Gasteiger partial charge in [-0.2, -0.15) is 0 Å². The number of aryl methyl sites for hydroxylation is 1. The van der Waals surface area contributed by atoms with Crippen LogP contribution in [0.4, 0.5) is 17.1 Å². The second-order valence-corrected chi connectivity index (χ2v) is 7.76. The van der Waals surface area contributed by atoms with Crippen molar-refractivity contribution in [3.63, 3.8) is 0 Å². The van der Waals surface area contributed by atoms with Gasteiger partial charge in [0.25, 0.3) is 5.91 Å². The maximum absolute atomic E-state index is 12.7. The van der Waals surface area contributed by atoms with Crippen LogP contribution in [-0.2, 0) is 4.79 Å². The first-order valence-corrected chi connectivity index (χ1v) is 10.5. The van der Waals surface area contributed by atoms with Gasteiger partial charge in [-0.05, 0) is 56.7 Å². The largest absolute Gasteiger partial charge is 0.368 e. The molecule has 0 radical (unpaired) electrons. The van der Waals surface area contributed by atoms with Gasteiger partial charge in [0.15, 0.2) is 5.78 Å². The number of hydrogen-bond acceptors (Lipinski definition) is 5. The molecule has 1 N–H and O–H groups in total. The van der Waals surface area contributed by atoms with Gasteiger partial charge in [-0.25, -0.2) is 0 Å². The number of nitrogens with zero attached hydrogens (tertiary/aromatic N) is 3. The summed E-state index contributed by atoms with van der Waals surface area (Å²) in [7, 11) is 1.66. The zero-order chi connectivity index (χ0) is 22.4. The first-order valence-electron chi connectivity index (χ1n) is 10.5. The fraction of sp³-hybridized carbons (Fsp3) is 0.320. The van der Waals surface area contributed by atoms with Crippen LogP contribution in [0.15, 0.2) is 59.1 Å².